The van der Waals surface area contributed by atoms with E-state index in [1.54, 1.807) is 0 Å². The molecule has 1 fully saturated rings. The van der Waals surface area contributed by atoms with Crippen LogP contribution in [-0.4, -0.2) is 17.1 Å². The van der Waals surface area contributed by atoms with Crippen LogP contribution in [0.25, 0.3) is 0 Å². The second-order valence-electron chi connectivity index (χ2n) is 2.15. The van der Waals surface area contributed by atoms with Crippen molar-refractivity contribution in [1.82, 2.24) is 5.32 Å². The first-order valence-corrected chi connectivity index (χ1v) is 2.87. The third-order valence-electron chi connectivity index (χ3n) is 1.40. The zero-order chi connectivity index (χ0) is 6.85. The predicted octanol–water partition coefficient (Wildman–Crippen LogP) is 0.337. The fourth-order valence-electron chi connectivity index (χ4n) is 0.864. The first kappa shape index (κ1) is 6.13. The summed E-state index contributed by atoms with van der Waals surface area (Å²) in [6.07, 6.45) is 1.18. The molecule has 0 aromatic carbocycles. The van der Waals surface area contributed by atoms with Gasteiger partial charge in [-0.3, -0.25) is 4.79 Å². The number of aliphatic hydroxyl groups excluding tert-OH is 1. The van der Waals surface area contributed by atoms with Crippen LogP contribution in [0.3, 0.4) is 0 Å². The lowest BCUT2D eigenvalue weighted by atomic mass is 10.2. The summed E-state index contributed by atoms with van der Waals surface area (Å²) in [5.74, 6) is 0.0519. The van der Waals surface area contributed by atoms with Crippen molar-refractivity contribution in [2.75, 3.05) is 0 Å². The Labute approximate surface area is 53.4 Å². The number of carbonyl (C=O) groups excluding carboxylic acids is 1. The Morgan fingerprint density at radius 3 is 2.78 bits per heavy atom. The van der Waals surface area contributed by atoms with Gasteiger partial charge >= 0.3 is 0 Å². The quantitative estimate of drug-likeness (QED) is 0.499. The molecule has 1 amide bonds. The average Bonchev–Trinajstić information content (AvgIpc) is 2.14. The summed E-state index contributed by atoms with van der Waals surface area (Å²) in [5.41, 5.74) is 0. The Bertz CT molecular complexity index is 153. The minimum absolute atomic E-state index is 0.00444. The maximum absolute atomic E-state index is 10.5. The van der Waals surface area contributed by atoms with E-state index in [1.807, 2.05) is 0 Å². The molecular formula is C6H9NO2. The Morgan fingerprint density at radius 2 is 2.56 bits per heavy atom. The molecule has 0 aliphatic carbocycles. The molecule has 9 heavy (non-hydrogen) atoms. The molecule has 2 N–H and O–H groups in total. The molecule has 1 aliphatic heterocycles. The number of aliphatic hydroxyl groups is 1. The van der Waals surface area contributed by atoms with E-state index in [4.69, 9.17) is 5.11 Å². The standard InChI is InChI=1S/C6H9NO2/c1-4(8)5-2-3-6(9)7-5/h5,8H,1-3H2,(H,7,9)/t5-/m0/s1. The van der Waals surface area contributed by atoms with Crippen LogP contribution in [0.2, 0.25) is 0 Å². The molecule has 0 spiro atoms. The number of nitrogens with one attached hydrogen (secondary N) is 1. The highest BCUT2D eigenvalue weighted by molar-refractivity contribution is 5.78. The van der Waals surface area contributed by atoms with E-state index in [1.165, 1.54) is 0 Å². The highest BCUT2D eigenvalue weighted by Gasteiger charge is 2.22. The molecule has 0 saturated carbocycles. The van der Waals surface area contributed by atoms with Crippen molar-refractivity contribution in [3.63, 3.8) is 0 Å². The first-order valence-electron chi connectivity index (χ1n) is 2.87. The maximum Gasteiger partial charge on any atom is 0.220 e. The molecule has 1 atom stereocenters. The van der Waals surface area contributed by atoms with Crippen molar-refractivity contribution in [1.29, 1.82) is 0 Å². The number of carbonyl (C=O) groups is 1. The first-order chi connectivity index (χ1) is 4.20. The normalized spacial score (nSPS) is 25.8. The minimum Gasteiger partial charge on any atom is -0.511 e. The van der Waals surface area contributed by atoms with Gasteiger partial charge in [-0.1, -0.05) is 6.58 Å². The lowest BCUT2D eigenvalue weighted by Crippen LogP contribution is -2.26. The van der Waals surface area contributed by atoms with Gasteiger partial charge in [0, 0.05) is 6.42 Å². The molecule has 3 nitrogen and oxygen atoms in total. The molecule has 0 radical (unpaired) electrons. The van der Waals surface area contributed by atoms with E-state index in [2.05, 4.69) is 11.9 Å². The maximum atomic E-state index is 10.5. The lowest BCUT2D eigenvalue weighted by molar-refractivity contribution is -0.119. The van der Waals surface area contributed by atoms with Gasteiger partial charge < -0.3 is 10.4 Å². The summed E-state index contributed by atoms with van der Waals surface area (Å²) in [4.78, 5) is 10.5. The molecule has 50 valence electrons. The van der Waals surface area contributed by atoms with Gasteiger partial charge in [0.1, 0.15) is 5.76 Å². The largest absolute Gasteiger partial charge is 0.511 e. The molecule has 0 aromatic rings. The second-order valence-corrected chi connectivity index (χ2v) is 2.15. The molecule has 3 heteroatoms. The highest BCUT2D eigenvalue weighted by Crippen LogP contribution is 2.10. The van der Waals surface area contributed by atoms with Gasteiger partial charge in [-0.2, -0.15) is 0 Å². The summed E-state index contributed by atoms with van der Waals surface area (Å²) in [6.45, 7) is 3.31. The topological polar surface area (TPSA) is 49.3 Å². The zero-order valence-electron chi connectivity index (χ0n) is 5.05. The fourth-order valence-corrected chi connectivity index (χ4v) is 0.864. The number of hydrogen-bond donors (Lipinski definition) is 2. The summed E-state index contributed by atoms with van der Waals surface area (Å²) in [6, 6.07) is -0.197. The van der Waals surface area contributed by atoms with Crippen LogP contribution in [0.15, 0.2) is 12.3 Å². The smallest absolute Gasteiger partial charge is 0.220 e. The third-order valence-corrected chi connectivity index (χ3v) is 1.40. The van der Waals surface area contributed by atoms with Gasteiger partial charge in [0.25, 0.3) is 0 Å². The van der Waals surface area contributed by atoms with Gasteiger partial charge in [0.15, 0.2) is 0 Å². The number of hydrogen-bond acceptors (Lipinski definition) is 2. The molecule has 1 saturated heterocycles. The van der Waals surface area contributed by atoms with Crippen LogP contribution in [0, 0.1) is 0 Å². The van der Waals surface area contributed by atoms with Gasteiger partial charge in [-0.05, 0) is 6.42 Å². The van der Waals surface area contributed by atoms with E-state index in [0.29, 0.717) is 12.8 Å². The van der Waals surface area contributed by atoms with Crippen molar-refractivity contribution in [3.8, 4) is 0 Å². The van der Waals surface area contributed by atoms with Crippen molar-refractivity contribution in [2.45, 2.75) is 18.9 Å². The zero-order valence-corrected chi connectivity index (χ0v) is 5.05. The van der Waals surface area contributed by atoms with Gasteiger partial charge in [0.05, 0.1) is 6.04 Å². The SMILES string of the molecule is C=C(O)[C@@H]1CCC(=O)N1. The van der Waals surface area contributed by atoms with Crippen LogP contribution >= 0.6 is 0 Å². The van der Waals surface area contributed by atoms with E-state index in [9.17, 15) is 4.79 Å². The molecule has 1 rings (SSSR count). The molecule has 1 heterocycles. The van der Waals surface area contributed by atoms with Crippen molar-refractivity contribution in [2.24, 2.45) is 0 Å². The van der Waals surface area contributed by atoms with Crippen LogP contribution in [0.4, 0.5) is 0 Å². The van der Waals surface area contributed by atoms with E-state index >= 15 is 0 Å². The monoisotopic (exact) mass is 127 g/mol. The van der Waals surface area contributed by atoms with Gasteiger partial charge in [-0.15, -0.1) is 0 Å². The molecule has 1 aliphatic rings. The van der Waals surface area contributed by atoms with Crippen molar-refractivity contribution in [3.05, 3.63) is 12.3 Å². The fraction of sp³-hybridized carbons (Fsp3) is 0.500. The van der Waals surface area contributed by atoms with Gasteiger partial charge in [0.2, 0.25) is 5.91 Å². The van der Waals surface area contributed by atoms with E-state index in [-0.39, 0.29) is 17.7 Å². The Kier molecular flexibility index (Phi) is 1.42. The van der Waals surface area contributed by atoms with Crippen molar-refractivity contribution < 1.29 is 9.90 Å². The number of amides is 1. The summed E-state index contributed by atoms with van der Waals surface area (Å²) in [5, 5.41) is 11.3. The number of rotatable bonds is 1. The van der Waals surface area contributed by atoms with Crippen LogP contribution in [0.1, 0.15) is 12.8 Å². The lowest BCUT2D eigenvalue weighted by Gasteiger charge is -2.05. The van der Waals surface area contributed by atoms with E-state index < -0.39 is 0 Å². The van der Waals surface area contributed by atoms with Crippen molar-refractivity contribution >= 4 is 5.91 Å². The summed E-state index contributed by atoms with van der Waals surface area (Å²) >= 11 is 0. The van der Waals surface area contributed by atoms with Crippen LogP contribution in [-0.2, 0) is 4.79 Å². The average molecular weight is 127 g/mol. The predicted molar refractivity (Wildman–Crippen MR) is 32.9 cm³/mol. The molecule has 0 bridgehead atoms. The molecule has 0 unspecified atom stereocenters. The highest BCUT2D eigenvalue weighted by atomic mass is 16.3. The molecular weight excluding hydrogens is 118 g/mol. The molecule has 0 aromatic heterocycles. The van der Waals surface area contributed by atoms with Crippen LogP contribution < -0.4 is 5.32 Å². The Balaban J connectivity index is 2.48. The Hall–Kier alpha value is -0.990. The minimum atomic E-state index is -0.197. The second kappa shape index (κ2) is 2.09. The third kappa shape index (κ3) is 1.22. The van der Waals surface area contributed by atoms with E-state index in [0.717, 1.165) is 0 Å². The summed E-state index contributed by atoms with van der Waals surface area (Å²) < 4.78 is 0. The summed E-state index contributed by atoms with van der Waals surface area (Å²) in [7, 11) is 0. The van der Waals surface area contributed by atoms with Crippen LogP contribution in [0.5, 0.6) is 0 Å². The van der Waals surface area contributed by atoms with Gasteiger partial charge in [-0.25, -0.2) is 0 Å². The Morgan fingerprint density at radius 1 is 1.89 bits per heavy atom.